The second-order valence-corrected chi connectivity index (χ2v) is 7.52. The largest absolute Gasteiger partial charge is 0.485 e. The van der Waals surface area contributed by atoms with Crippen LogP contribution in [0.15, 0.2) is 58.2 Å². The number of aromatic nitrogens is 5. The molecule has 0 spiro atoms. The van der Waals surface area contributed by atoms with Crippen LogP contribution in [-0.4, -0.2) is 31.5 Å². The van der Waals surface area contributed by atoms with E-state index in [1.807, 2.05) is 35.9 Å². The molecule has 8 nitrogen and oxygen atoms in total. The topological polar surface area (TPSA) is 88.1 Å². The van der Waals surface area contributed by atoms with Crippen LogP contribution in [0.1, 0.15) is 17.8 Å². The zero-order valence-corrected chi connectivity index (χ0v) is 16.7. The van der Waals surface area contributed by atoms with Crippen molar-refractivity contribution in [3.8, 4) is 23.0 Å². The van der Waals surface area contributed by atoms with Crippen molar-refractivity contribution in [2.75, 3.05) is 6.61 Å². The number of hydrogen-bond acceptors (Lipinski definition) is 8. The summed E-state index contributed by atoms with van der Waals surface area (Å²) in [4.78, 5) is 4.35. The Morgan fingerprint density at radius 1 is 1.10 bits per heavy atom. The molecule has 0 saturated heterocycles. The van der Waals surface area contributed by atoms with Crippen molar-refractivity contribution in [1.82, 2.24) is 24.9 Å². The van der Waals surface area contributed by atoms with Gasteiger partial charge in [0.25, 0.3) is 5.89 Å². The standard InChI is InChI=1S/C20H16FN5O3S/c1-26-18(16-10-27-14-4-2-3-5-15(14)28-16)23-24-20(26)30-11-17-22-19(29-25-17)12-6-8-13(21)9-7-12/h2-9,16H,10-11H2,1H3. The molecule has 0 fully saturated rings. The predicted octanol–water partition coefficient (Wildman–Crippen LogP) is 3.81. The molecule has 2 aromatic heterocycles. The Morgan fingerprint density at radius 2 is 1.90 bits per heavy atom. The zero-order valence-electron chi connectivity index (χ0n) is 15.9. The van der Waals surface area contributed by atoms with Crippen molar-refractivity contribution in [3.63, 3.8) is 0 Å². The van der Waals surface area contributed by atoms with E-state index in [9.17, 15) is 4.39 Å². The summed E-state index contributed by atoms with van der Waals surface area (Å²) < 4.78 is 32.0. The predicted molar refractivity (Wildman–Crippen MR) is 106 cm³/mol. The van der Waals surface area contributed by atoms with E-state index in [0.29, 0.717) is 46.4 Å². The van der Waals surface area contributed by atoms with Crippen molar-refractivity contribution in [2.45, 2.75) is 17.0 Å². The highest BCUT2D eigenvalue weighted by molar-refractivity contribution is 7.98. The van der Waals surface area contributed by atoms with E-state index in [1.54, 1.807) is 12.1 Å². The SMILES string of the molecule is Cn1c(SCc2noc(-c3ccc(F)cc3)n2)nnc1C1COc2ccccc2O1. The van der Waals surface area contributed by atoms with Gasteiger partial charge in [0.05, 0.1) is 5.75 Å². The highest BCUT2D eigenvalue weighted by Crippen LogP contribution is 2.36. The average molecular weight is 425 g/mol. The van der Waals surface area contributed by atoms with Crippen LogP contribution < -0.4 is 9.47 Å². The molecule has 0 saturated carbocycles. The Bertz CT molecular complexity index is 1180. The van der Waals surface area contributed by atoms with Crippen LogP contribution in [0.5, 0.6) is 11.5 Å². The van der Waals surface area contributed by atoms with Gasteiger partial charge in [-0.3, -0.25) is 0 Å². The molecule has 5 rings (SSSR count). The van der Waals surface area contributed by atoms with Crippen LogP contribution in [0.4, 0.5) is 4.39 Å². The minimum absolute atomic E-state index is 0.317. The van der Waals surface area contributed by atoms with Gasteiger partial charge in [0, 0.05) is 12.6 Å². The molecule has 1 aliphatic rings. The number of para-hydroxylation sites is 2. The van der Waals surface area contributed by atoms with Crippen molar-refractivity contribution in [3.05, 3.63) is 66.0 Å². The summed E-state index contributed by atoms with van der Waals surface area (Å²) in [6.07, 6.45) is -0.345. The van der Waals surface area contributed by atoms with E-state index in [4.69, 9.17) is 14.0 Å². The van der Waals surface area contributed by atoms with Gasteiger partial charge in [0.2, 0.25) is 0 Å². The fourth-order valence-electron chi connectivity index (χ4n) is 3.03. The second-order valence-electron chi connectivity index (χ2n) is 6.58. The maximum atomic E-state index is 13.1. The van der Waals surface area contributed by atoms with Gasteiger partial charge in [0.15, 0.2) is 34.4 Å². The summed E-state index contributed by atoms with van der Waals surface area (Å²) in [7, 11) is 1.88. The van der Waals surface area contributed by atoms with Crippen molar-refractivity contribution < 1.29 is 18.4 Å². The summed E-state index contributed by atoms with van der Waals surface area (Å²) in [5.41, 5.74) is 0.663. The molecule has 4 aromatic rings. The summed E-state index contributed by atoms with van der Waals surface area (Å²) in [5, 5.41) is 13.2. The fraction of sp³-hybridized carbons (Fsp3) is 0.200. The van der Waals surface area contributed by atoms with Gasteiger partial charge >= 0.3 is 0 Å². The second kappa shape index (κ2) is 7.79. The molecule has 0 bridgehead atoms. The Balaban J connectivity index is 1.26. The molecule has 30 heavy (non-hydrogen) atoms. The smallest absolute Gasteiger partial charge is 0.257 e. The summed E-state index contributed by atoms with van der Waals surface area (Å²) in [6.45, 7) is 0.361. The molecule has 152 valence electrons. The lowest BCUT2D eigenvalue weighted by atomic mass is 10.2. The van der Waals surface area contributed by atoms with Gasteiger partial charge in [0.1, 0.15) is 12.4 Å². The molecule has 0 amide bonds. The molecule has 1 aliphatic heterocycles. The van der Waals surface area contributed by atoms with Gasteiger partial charge in [-0.05, 0) is 36.4 Å². The van der Waals surface area contributed by atoms with Crippen LogP contribution in [-0.2, 0) is 12.8 Å². The highest BCUT2D eigenvalue weighted by Gasteiger charge is 2.27. The Labute approximate surface area is 175 Å². The van der Waals surface area contributed by atoms with Gasteiger partial charge in [-0.2, -0.15) is 4.98 Å². The molecule has 10 heteroatoms. The van der Waals surface area contributed by atoms with Crippen LogP contribution >= 0.6 is 11.8 Å². The quantitative estimate of drug-likeness (QED) is 0.446. The van der Waals surface area contributed by atoms with Gasteiger partial charge in [-0.1, -0.05) is 29.1 Å². The normalized spacial score (nSPS) is 15.3. The minimum atomic E-state index is -0.345. The number of nitrogens with zero attached hydrogens (tertiary/aromatic N) is 5. The molecule has 3 heterocycles. The summed E-state index contributed by atoms with van der Waals surface area (Å²) in [5.74, 6) is 3.06. The van der Waals surface area contributed by atoms with Gasteiger partial charge in [-0.25, -0.2) is 4.39 Å². The first-order valence-corrected chi connectivity index (χ1v) is 10.1. The van der Waals surface area contributed by atoms with Crippen LogP contribution in [0.3, 0.4) is 0 Å². The molecule has 1 atom stereocenters. The van der Waals surface area contributed by atoms with E-state index < -0.39 is 0 Å². The van der Waals surface area contributed by atoms with E-state index >= 15 is 0 Å². The lowest BCUT2D eigenvalue weighted by molar-refractivity contribution is 0.0825. The van der Waals surface area contributed by atoms with E-state index in [1.165, 1.54) is 23.9 Å². The third-order valence-corrected chi connectivity index (χ3v) is 5.57. The summed E-state index contributed by atoms with van der Waals surface area (Å²) >= 11 is 1.43. The first-order chi connectivity index (χ1) is 14.7. The number of halogens is 1. The first kappa shape index (κ1) is 18.6. The molecule has 0 radical (unpaired) electrons. The number of rotatable bonds is 5. The number of benzene rings is 2. The third kappa shape index (κ3) is 3.61. The highest BCUT2D eigenvalue weighted by atomic mass is 32.2. The minimum Gasteiger partial charge on any atom is -0.485 e. The molecular weight excluding hydrogens is 409 g/mol. The first-order valence-electron chi connectivity index (χ1n) is 9.16. The number of fused-ring (bicyclic) bond motifs is 1. The Hall–Kier alpha value is -3.40. The maximum absolute atomic E-state index is 13.1. The average Bonchev–Trinajstić information content (AvgIpc) is 3.39. The van der Waals surface area contributed by atoms with Crippen molar-refractivity contribution in [2.24, 2.45) is 7.05 Å². The maximum Gasteiger partial charge on any atom is 0.257 e. The zero-order chi connectivity index (χ0) is 20.5. The van der Waals surface area contributed by atoms with Gasteiger partial charge < -0.3 is 18.6 Å². The molecule has 0 aliphatic carbocycles. The number of thioether (sulfide) groups is 1. The fourth-order valence-corrected chi connectivity index (χ4v) is 3.79. The van der Waals surface area contributed by atoms with Gasteiger partial charge in [-0.15, -0.1) is 10.2 Å². The molecule has 1 unspecified atom stereocenters. The number of hydrogen-bond donors (Lipinski definition) is 0. The van der Waals surface area contributed by atoms with Crippen molar-refractivity contribution in [1.29, 1.82) is 0 Å². The van der Waals surface area contributed by atoms with E-state index in [0.717, 1.165) is 5.75 Å². The lowest BCUT2D eigenvalue weighted by Crippen LogP contribution is -2.24. The monoisotopic (exact) mass is 425 g/mol. The van der Waals surface area contributed by atoms with E-state index in [2.05, 4.69) is 20.3 Å². The van der Waals surface area contributed by atoms with E-state index in [-0.39, 0.29) is 11.9 Å². The molecule has 0 N–H and O–H groups in total. The lowest BCUT2D eigenvalue weighted by Gasteiger charge is -2.25. The van der Waals surface area contributed by atoms with Crippen LogP contribution in [0, 0.1) is 5.82 Å². The molecular formula is C20H16FN5O3S. The van der Waals surface area contributed by atoms with Crippen LogP contribution in [0.2, 0.25) is 0 Å². The third-order valence-electron chi connectivity index (χ3n) is 4.55. The summed E-state index contributed by atoms with van der Waals surface area (Å²) in [6, 6.07) is 13.4. The number of ether oxygens (including phenoxy) is 2. The Kier molecular flexibility index (Phi) is 4.83. The van der Waals surface area contributed by atoms with Crippen LogP contribution in [0.25, 0.3) is 11.5 Å². The Morgan fingerprint density at radius 3 is 2.73 bits per heavy atom. The van der Waals surface area contributed by atoms with Crippen molar-refractivity contribution >= 4 is 11.8 Å². The molecule has 2 aromatic carbocycles.